The van der Waals surface area contributed by atoms with E-state index in [-0.39, 0.29) is 5.41 Å². The van der Waals surface area contributed by atoms with E-state index in [0.29, 0.717) is 24.8 Å². The first-order valence-electron chi connectivity index (χ1n) is 8.93. The van der Waals surface area contributed by atoms with E-state index in [9.17, 15) is 9.59 Å². The molecule has 0 unspecified atom stereocenters. The number of carbonyl (C=O) groups excluding carboxylic acids is 2. The molecule has 0 aliphatic rings. The van der Waals surface area contributed by atoms with Gasteiger partial charge in [-0.15, -0.1) is 0 Å². The van der Waals surface area contributed by atoms with Crippen molar-refractivity contribution >= 4 is 17.6 Å². The van der Waals surface area contributed by atoms with Crippen LogP contribution in [0.4, 0.5) is 5.82 Å². The van der Waals surface area contributed by atoms with Crippen molar-refractivity contribution in [3.8, 4) is 5.82 Å². The fraction of sp³-hybridized carbons (Fsp3) is 0.474. The molecule has 27 heavy (non-hydrogen) atoms. The van der Waals surface area contributed by atoms with Gasteiger partial charge in [0.05, 0.1) is 5.69 Å². The number of rotatable bonds is 7. The van der Waals surface area contributed by atoms with Crippen molar-refractivity contribution in [3.63, 3.8) is 0 Å². The van der Waals surface area contributed by atoms with E-state index in [0.717, 1.165) is 18.5 Å². The van der Waals surface area contributed by atoms with Crippen LogP contribution in [0.15, 0.2) is 30.5 Å². The minimum absolute atomic E-state index is 0.219. The second kappa shape index (κ2) is 9.27. The molecule has 0 saturated carbocycles. The predicted octanol–water partition coefficient (Wildman–Crippen LogP) is 2.05. The van der Waals surface area contributed by atoms with Crippen LogP contribution >= 0.6 is 0 Å². The number of hydrogen-bond acceptors (Lipinski definition) is 5. The van der Waals surface area contributed by atoms with Gasteiger partial charge in [0.2, 0.25) is 0 Å². The van der Waals surface area contributed by atoms with Gasteiger partial charge in [-0.05, 0) is 25.0 Å². The number of anilines is 1. The molecule has 2 N–H and O–H groups in total. The molecule has 2 rings (SSSR count). The van der Waals surface area contributed by atoms with Crippen LogP contribution in [0.25, 0.3) is 5.82 Å². The molecule has 0 aliphatic carbocycles. The SMILES string of the molecule is COCCCCNC(=O)C(=O)Nc1cc(C(C)(C)C)nn1-c1ccccn1. The number of carbonyl (C=O) groups is 2. The largest absolute Gasteiger partial charge is 0.385 e. The smallest absolute Gasteiger partial charge is 0.314 e. The van der Waals surface area contributed by atoms with Crippen LogP contribution in [-0.4, -0.2) is 46.8 Å². The summed E-state index contributed by atoms with van der Waals surface area (Å²) in [7, 11) is 1.63. The van der Waals surface area contributed by atoms with E-state index in [4.69, 9.17) is 4.74 Å². The highest BCUT2D eigenvalue weighted by Gasteiger charge is 2.23. The summed E-state index contributed by atoms with van der Waals surface area (Å²) in [5.41, 5.74) is 0.562. The van der Waals surface area contributed by atoms with E-state index in [1.807, 2.05) is 26.8 Å². The summed E-state index contributed by atoms with van der Waals surface area (Å²) in [6.45, 7) is 7.12. The number of nitrogens with one attached hydrogen (secondary N) is 2. The molecule has 0 atom stereocenters. The number of amides is 2. The van der Waals surface area contributed by atoms with E-state index in [1.165, 1.54) is 4.68 Å². The first-order chi connectivity index (χ1) is 12.8. The molecule has 2 amide bonds. The van der Waals surface area contributed by atoms with Crippen molar-refractivity contribution in [2.24, 2.45) is 0 Å². The highest BCUT2D eigenvalue weighted by atomic mass is 16.5. The van der Waals surface area contributed by atoms with Gasteiger partial charge >= 0.3 is 11.8 Å². The van der Waals surface area contributed by atoms with Crippen molar-refractivity contribution in [1.82, 2.24) is 20.1 Å². The molecule has 0 spiro atoms. The molecular formula is C19H27N5O3. The molecule has 8 heteroatoms. The van der Waals surface area contributed by atoms with Gasteiger partial charge in [-0.1, -0.05) is 26.8 Å². The maximum absolute atomic E-state index is 12.3. The lowest BCUT2D eigenvalue weighted by Crippen LogP contribution is -2.36. The van der Waals surface area contributed by atoms with Gasteiger partial charge in [0.25, 0.3) is 0 Å². The summed E-state index contributed by atoms with van der Waals surface area (Å²) in [6, 6.07) is 7.18. The van der Waals surface area contributed by atoms with Crippen LogP contribution in [0, 0.1) is 0 Å². The van der Waals surface area contributed by atoms with Crippen molar-refractivity contribution in [2.45, 2.75) is 39.0 Å². The Bertz CT molecular complexity index is 765. The third kappa shape index (κ3) is 5.89. The summed E-state index contributed by atoms with van der Waals surface area (Å²) >= 11 is 0. The Kier molecular flexibility index (Phi) is 7.06. The van der Waals surface area contributed by atoms with Gasteiger partial charge in [0, 0.05) is 37.9 Å². The van der Waals surface area contributed by atoms with Gasteiger partial charge in [0.15, 0.2) is 5.82 Å². The second-order valence-corrected chi connectivity index (χ2v) is 7.17. The fourth-order valence-corrected chi connectivity index (χ4v) is 2.32. The second-order valence-electron chi connectivity index (χ2n) is 7.17. The molecule has 0 fully saturated rings. The molecular weight excluding hydrogens is 346 g/mol. The minimum Gasteiger partial charge on any atom is -0.385 e. The Morgan fingerprint density at radius 3 is 2.59 bits per heavy atom. The van der Waals surface area contributed by atoms with E-state index < -0.39 is 11.8 Å². The summed E-state index contributed by atoms with van der Waals surface area (Å²) in [6.07, 6.45) is 3.21. The zero-order chi connectivity index (χ0) is 19.9. The number of methoxy groups -OCH3 is 1. The van der Waals surface area contributed by atoms with Gasteiger partial charge in [-0.25, -0.2) is 4.98 Å². The van der Waals surface area contributed by atoms with Crippen LogP contribution in [0.3, 0.4) is 0 Å². The average molecular weight is 373 g/mol. The predicted molar refractivity (Wildman–Crippen MR) is 103 cm³/mol. The summed E-state index contributed by atoms with van der Waals surface area (Å²) < 4.78 is 6.48. The lowest BCUT2D eigenvalue weighted by Gasteiger charge is -2.13. The van der Waals surface area contributed by atoms with Gasteiger partial charge < -0.3 is 15.4 Å². The summed E-state index contributed by atoms with van der Waals surface area (Å²) in [5.74, 6) is -0.459. The van der Waals surface area contributed by atoms with Crippen molar-refractivity contribution in [2.75, 3.05) is 25.6 Å². The van der Waals surface area contributed by atoms with Gasteiger partial charge in [-0.3, -0.25) is 9.59 Å². The monoisotopic (exact) mass is 373 g/mol. The third-order valence-electron chi connectivity index (χ3n) is 3.85. The standard InChI is InChI=1S/C19H27N5O3/c1-19(2,3)14-13-16(24(23-14)15-9-5-6-10-20-15)22-18(26)17(25)21-11-7-8-12-27-4/h5-6,9-10,13H,7-8,11-12H2,1-4H3,(H,21,25)(H,22,26). The fourth-order valence-electron chi connectivity index (χ4n) is 2.32. The minimum atomic E-state index is -0.737. The quantitative estimate of drug-likeness (QED) is 0.572. The topological polar surface area (TPSA) is 98.1 Å². The normalized spacial score (nSPS) is 11.3. The Hall–Kier alpha value is -2.74. The third-order valence-corrected chi connectivity index (χ3v) is 3.85. The lowest BCUT2D eigenvalue weighted by atomic mass is 9.92. The van der Waals surface area contributed by atoms with Crippen molar-refractivity contribution in [3.05, 3.63) is 36.2 Å². The number of nitrogens with zero attached hydrogens (tertiary/aromatic N) is 3. The molecule has 0 aliphatic heterocycles. The van der Waals surface area contributed by atoms with Crippen LogP contribution in [0.2, 0.25) is 0 Å². The number of ether oxygens (including phenoxy) is 1. The van der Waals surface area contributed by atoms with Crippen molar-refractivity contribution in [1.29, 1.82) is 0 Å². The highest BCUT2D eigenvalue weighted by molar-refractivity contribution is 6.39. The Balaban J connectivity index is 2.11. The Morgan fingerprint density at radius 1 is 1.19 bits per heavy atom. The van der Waals surface area contributed by atoms with Crippen LogP contribution < -0.4 is 10.6 Å². The van der Waals surface area contributed by atoms with Gasteiger partial charge in [-0.2, -0.15) is 9.78 Å². The molecule has 0 bridgehead atoms. The molecule has 0 aromatic carbocycles. The van der Waals surface area contributed by atoms with Crippen LogP contribution in [0.5, 0.6) is 0 Å². The van der Waals surface area contributed by atoms with E-state index in [2.05, 4.69) is 20.7 Å². The average Bonchev–Trinajstić information content (AvgIpc) is 3.06. The van der Waals surface area contributed by atoms with Crippen LogP contribution in [-0.2, 0) is 19.7 Å². The zero-order valence-corrected chi connectivity index (χ0v) is 16.3. The number of hydrogen-bond donors (Lipinski definition) is 2. The molecule has 2 aromatic rings. The van der Waals surface area contributed by atoms with Gasteiger partial charge in [0.1, 0.15) is 5.82 Å². The molecule has 0 saturated heterocycles. The molecule has 2 aromatic heterocycles. The Morgan fingerprint density at radius 2 is 1.96 bits per heavy atom. The maximum Gasteiger partial charge on any atom is 0.314 e. The number of aromatic nitrogens is 3. The van der Waals surface area contributed by atoms with E-state index >= 15 is 0 Å². The van der Waals surface area contributed by atoms with Crippen LogP contribution in [0.1, 0.15) is 39.3 Å². The number of unbranched alkanes of at least 4 members (excludes halogenated alkanes) is 1. The Labute approximate surface area is 159 Å². The molecule has 0 radical (unpaired) electrons. The first kappa shape index (κ1) is 20.6. The lowest BCUT2D eigenvalue weighted by molar-refractivity contribution is -0.136. The molecule has 2 heterocycles. The number of pyridine rings is 1. The van der Waals surface area contributed by atoms with Crippen molar-refractivity contribution < 1.29 is 14.3 Å². The summed E-state index contributed by atoms with van der Waals surface area (Å²) in [5, 5.41) is 9.80. The zero-order valence-electron chi connectivity index (χ0n) is 16.3. The molecule has 8 nitrogen and oxygen atoms in total. The first-order valence-corrected chi connectivity index (χ1v) is 8.93. The highest BCUT2D eigenvalue weighted by Crippen LogP contribution is 2.25. The van der Waals surface area contributed by atoms with E-state index in [1.54, 1.807) is 31.5 Å². The maximum atomic E-state index is 12.3. The molecule has 146 valence electrons. The summed E-state index contributed by atoms with van der Waals surface area (Å²) in [4.78, 5) is 28.6.